The van der Waals surface area contributed by atoms with Gasteiger partial charge in [-0.15, -0.1) is 0 Å². The van der Waals surface area contributed by atoms with Gasteiger partial charge in [-0.2, -0.15) is 0 Å². The summed E-state index contributed by atoms with van der Waals surface area (Å²) < 4.78 is 146. The van der Waals surface area contributed by atoms with Crippen LogP contribution in [0, 0.1) is 3.80 Å². The third kappa shape index (κ3) is 7.37. The zero-order chi connectivity index (χ0) is 59.0. The van der Waals surface area contributed by atoms with Crippen LogP contribution in [0.1, 0.15) is 70.9 Å². The maximum absolute atomic E-state index is 9.41. The van der Waals surface area contributed by atoms with Crippen LogP contribution in [0.5, 0.6) is 11.5 Å². The van der Waals surface area contributed by atoms with Crippen LogP contribution in [0.25, 0.3) is 83.4 Å². The fourth-order valence-electron chi connectivity index (χ4n) is 9.61. The molecule has 1 aliphatic carbocycles. The van der Waals surface area contributed by atoms with Crippen LogP contribution in [-0.4, -0.2) is 18.7 Å². The molecule has 0 spiro atoms. The number of pyridine rings is 1. The first-order chi connectivity index (χ1) is 39.5. The van der Waals surface area contributed by atoms with Crippen molar-refractivity contribution in [2.75, 3.05) is 0 Å². The summed E-state index contributed by atoms with van der Waals surface area (Å²) in [5, 5.41) is 1.55. The zero-order valence-corrected chi connectivity index (χ0v) is 39.5. The van der Waals surface area contributed by atoms with Crippen molar-refractivity contribution in [3.8, 4) is 62.1 Å². The van der Waals surface area contributed by atoms with Gasteiger partial charge in [0.1, 0.15) is 0 Å². The Morgan fingerprint density at radius 2 is 1.25 bits per heavy atom. The van der Waals surface area contributed by atoms with Gasteiger partial charge in [-0.05, 0) is 28.2 Å². The first-order valence-electron chi connectivity index (χ1n) is 29.9. The summed E-state index contributed by atoms with van der Waals surface area (Å²) in [4.78, 5) is 4.86. The molecule has 0 bridgehead atoms. The molecule has 334 valence electrons. The molecular formula is C62H50N4OPt. The summed E-state index contributed by atoms with van der Waals surface area (Å²) in [6.45, 7) is 6.37. The van der Waals surface area contributed by atoms with Crippen molar-refractivity contribution in [3.63, 3.8) is 0 Å². The second kappa shape index (κ2) is 17.1. The number of ether oxygens (including phenoxy) is 1. The molecule has 6 heteroatoms. The molecule has 1 aliphatic rings. The molecule has 0 radical (unpaired) electrons. The average molecular weight is 1080 g/mol. The van der Waals surface area contributed by atoms with Crippen LogP contribution in [0.15, 0.2) is 200 Å². The van der Waals surface area contributed by atoms with E-state index >= 15 is 0 Å². The SMILES string of the molecule is [2H]c1c([2H])c([2H])c(-c2ccc3c(c2)c2ccc(Oc4cccc(-n5[c](=[Pt])n(-c6c(-c7c([2H])c([2H])c([2H])c([2H])c7[2H])cc7c(c6-c6c([2H])c([2H])c([2H])c([2H])c6[2H])CCCC7)c6ccccc65)c4)cc2n3-c2cc(C(C)(C)C)ccn2)c([2H])c1[2H]. The number of imidazole rings is 1. The molecule has 0 N–H and O–H groups in total. The van der Waals surface area contributed by atoms with Crippen LogP contribution in [-0.2, 0) is 37.6 Å². The Morgan fingerprint density at radius 3 is 2.00 bits per heavy atom. The number of hydrogen-bond donors (Lipinski definition) is 0. The first-order valence-corrected chi connectivity index (χ1v) is 23.6. The van der Waals surface area contributed by atoms with E-state index < -0.39 is 78.6 Å². The van der Waals surface area contributed by atoms with Gasteiger partial charge in [0.05, 0.1) is 6.85 Å². The molecule has 12 rings (SSSR count). The quantitative estimate of drug-likeness (QED) is 0.152. The summed E-state index contributed by atoms with van der Waals surface area (Å²) in [7, 11) is 0. The molecule has 8 aromatic carbocycles. The van der Waals surface area contributed by atoms with Crippen molar-refractivity contribution in [2.24, 2.45) is 0 Å². The predicted molar refractivity (Wildman–Crippen MR) is 276 cm³/mol. The second-order valence-corrected chi connectivity index (χ2v) is 18.9. The number of aromatic nitrogens is 4. The summed E-state index contributed by atoms with van der Waals surface area (Å²) in [6.07, 6.45) is 4.34. The summed E-state index contributed by atoms with van der Waals surface area (Å²) in [5.74, 6) is 1.56. The molecule has 0 amide bonds. The number of aryl methyl sites for hydroxylation is 1. The molecule has 0 atom stereocenters. The molecule has 0 fully saturated rings. The Morgan fingerprint density at radius 1 is 0.559 bits per heavy atom. The first kappa shape index (κ1) is 28.8. The minimum Gasteiger partial charge on any atom is -0.0617 e. The van der Waals surface area contributed by atoms with Crippen LogP contribution in [0.2, 0.25) is 0 Å². The van der Waals surface area contributed by atoms with E-state index in [0.717, 1.165) is 51.3 Å². The molecule has 11 aromatic rings. The average Bonchev–Trinajstić information content (AvgIpc) is 2.22. The molecule has 0 saturated carbocycles. The van der Waals surface area contributed by atoms with Gasteiger partial charge in [-0.1, -0.05) is 57.0 Å². The van der Waals surface area contributed by atoms with Crippen LogP contribution in [0.4, 0.5) is 0 Å². The van der Waals surface area contributed by atoms with Gasteiger partial charge in [-0.25, -0.2) is 0 Å². The zero-order valence-electron chi connectivity index (χ0n) is 52.2. The van der Waals surface area contributed by atoms with Crippen molar-refractivity contribution in [2.45, 2.75) is 51.9 Å². The van der Waals surface area contributed by atoms with E-state index in [1.807, 2.05) is 111 Å². The Bertz CT molecular complexity index is 4610. The number of benzene rings is 8. The third-order valence-corrected chi connectivity index (χ3v) is 13.8. The molecule has 0 unspecified atom stereocenters. The minimum absolute atomic E-state index is 0.0580. The number of nitrogens with zero attached hydrogens (tertiary/aromatic N) is 4. The molecule has 3 heterocycles. The molecule has 3 aromatic heterocycles. The van der Waals surface area contributed by atoms with Gasteiger partial charge < -0.3 is 0 Å². The Kier molecular flexibility index (Phi) is 7.22. The van der Waals surface area contributed by atoms with E-state index in [1.54, 1.807) is 12.3 Å². The van der Waals surface area contributed by atoms with Crippen molar-refractivity contribution in [3.05, 3.63) is 220 Å². The van der Waals surface area contributed by atoms with Gasteiger partial charge in [0.25, 0.3) is 0 Å². The number of fused-ring (bicyclic) bond motifs is 5. The van der Waals surface area contributed by atoms with Crippen LogP contribution < -0.4 is 4.74 Å². The Labute approximate surface area is 429 Å². The summed E-state index contributed by atoms with van der Waals surface area (Å²) in [6, 6.07) is 25.1. The van der Waals surface area contributed by atoms with Gasteiger partial charge in [0.2, 0.25) is 0 Å². The Balaban J connectivity index is 1.06. The molecule has 68 heavy (non-hydrogen) atoms. The summed E-state index contributed by atoms with van der Waals surface area (Å²) >= 11 is 2.19. The predicted octanol–water partition coefficient (Wildman–Crippen LogP) is 16.0. The topological polar surface area (TPSA) is 36.9 Å². The van der Waals surface area contributed by atoms with Gasteiger partial charge in [0, 0.05) is 6.20 Å². The van der Waals surface area contributed by atoms with Crippen molar-refractivity contribution in [1.82, 2.24) is 18.7 Å². The minimum atomic E-state index is -0.565. The number of hydrogen-bond acceptors (Lipinski definition) is 2. The second-order valence-electron chi connectivity index (χ2n) is 17.9. The van der Waals surface area contributed by atoms with E-state index in [9.17, 15) is 5.48 Å². The van der Waals surface area contributed by atoms with Gasteiger partial charge >= 0.3 is 332 Å². The van der Waals surface area contributed by atoms with E-state index in [-0.39, 0.29) is 39.8 Å². The van der Waals surface area contributed by atoms with E-state index in [1.165, 1.54) is 0 Å². The fourth-order valence-corrected chi connectivity index (χ4v) is 10.7. The van der Waals surface area contributed by atoms with Gasteiger partial charge in [0.15, 0.2) is 0 Å². The van der Waals surface area contributed by atoms with E-state index in [0.29, 0.717) is 67.5 Å². The van der Waals surface area contributed by atoms with E-state index in [2.05, 4.69) is 40.1 Å². The smallest absolute Gasteiger partial charge is 0.0617 e. The van der Waals surface area contributed by atoms with Crippen LogP contribution in [0.3, 0.4) is 0 Å². The normalized spacial score (nSPS) is 15.9. The van der Waals surface area contributed by atoms with Crippen molar-refractivity contribution < 1.29 is 44.7 Å². The fraction of sp³-hybridized carbons (Fsp3) is 0.129. The maximum atomic E-state index is 9.41. The summed E-state index contributed by atoms with van der Waals surface area (Å²) in [5.41, 5.74) is 7.06. The number of rotatable bonds is 8. The van der Waals surface area contributed by atoms with Crippen LogP contribution >= 0.6 is 0 Å². The standard InChI is InChI=1S/C62H50N4O.Pt/c1-62(2,3)47-34-35-63-59(38-47)66-55-33-30-45(42-18-7-4-8-19-42)36-54(55)52-32-31-50(40-58(52)66)67-49-26-17-25-48(39-49)64-41-65(57-29-16-15-28-56(57)64)61-53(43-20-9-5-10-21-43)37-46-24-13-14-27-51(46)60(61)44-22-11-6-12-23-44;/h4-12,15-23,25-26,28-40H,13-14,24,27H2,1-3H3;/i4D,5D,6D,7D,8D,9D,10D,11D,12D,18D,19D,20D,21D,22D,23D;. The molecule has 0 saturated heterocycles. The molecule has 0 aliphatic heterocycles. The molecule has 5 nitrogen and oxygen atoms in total. The van der Waals surface area contributed by atoms with Crippen molar-refractivity contribution in [1.29, 1.82) is 0 Å². The van der Waals surface area contributed by atoms with Crippen molar-refractivity contribution >= 4 is 32.8 Å². The monoisotopic (exact) mass is 1080 g/mol. The number of para-hydroxylation sites is 2. The molecular weight excluding hydrogens is 1010 g/mol. The Hall–Kier alpha value is -7.33. The van der Waals surface area contributed by atoms with Gasteiger partial charge in [-0.3, -0.25) is 0 Å². The third-order valence-electron chi connectivity index (χ3n) is 12.7. The van der Waals surface area contributed by atoms with E-state index in [4.69, 9.17) is 24.8 Å².